The third-order valence-corrected chi connectivity index (χ3v) is 7.30. The number of anilines is 1. The van der Waals surface area contributed by atoms with E-state index in [2.05, 4.69) is 5.32 Å². The van der Waals surface area contributed by atoms with Gasteiger partial charge in [-0.05, 0) is 42.7 Å². The molecule has 158 valence electrons. The molecule has 29 heavy (non-hydrogen) atoms. The second-order valence-electron chi connectivity index (χ2n) is 7.41. The van der Waals surface area contributed by atoms with E-state index in [4.69, 9.17) is 0 Å². The quantitative estimate of drug-likeness (QED) is 0.731. The van der Waals surface area contributed by atoms with Gasteiger partial charge in [0.1, 0.15) is 0 Å². The molecule has 0 unspecified atom stereocenters. The molecule has 3 rings (SSSR count). The average Bonchev–Trinajstić information content (AvgIpc) is 3.39. The van der Waals surface area contributed by atoms with Crippen LogP contribution in [0.25, 0.3) is 0 Å². The minimum Gasteiger partial charge on any atom is -0.383 e. The molecule has 0 bridgehead atoms. The molecule has 0 atom stereocenters. The molecule has 1 aliphatic carbocycles. The first kappa shape index (κ1) is 21.6. The van der Waals surface area contributed by atoms with E-state index in [1.54, 1.807) is 6.07 Å². The Kier molecular flexibility index (Phi) is 5.23. The molecule has 1 aliphatic rings. The number of halogens is 3. The van der Waals surface area contributed by atoms with Crippen LogP contribution in [0, 0.1) is 0 Å². The Bertz CT molecular complexity index is 1150. The van der Waals surface area contributed by atoms with Gasteiger partial charge in [-0.15, -0.1) is 0 Å². The Morgan fingerprint density at radius 1 is 0.966 bits per heavy atom. The van der Waals surface area contributed by atoms with Crippen LogP contribution in [-0.4, -0.2) is 35.9 Å². The van der Waals surface area contributed by atoms with Crippen molar-refractivity contribution in [3.63, 3.8) is 0 Å². The highest BCUT2D eigenvalue weighted by atomic mass is 32.2. The predicted molar refractivity (Wildman–Crippen MR) is 104 cm³/mol. The lowest BCUT2D eigenvalue weighted by Gasteiger charge is -2.20. The molecule has 0 aromatic heterocycles. The number of nitrogens with one attached hydrogen (secondary N) is 1. The second kappa shape index (κ2) is 7.02. The summed E-state index contributed by atoms with van der Waals surface area (Å²) in [6.45, 7) is 0.231. The average molecular weight is 448 g/mol. The summed E-state index contributed by atoms with van der Waals surface area (Å²) in [5, 5.41) is 3.00. The van der Waals surface area contributed by atoms with Crippen LogP contribution in [0.4, 0.5) is 18.9 Å². The molecule has 0 amide bonds. The van der Waals surface area contributed by atoms with Crippen molar-refractivity contribution in [1.82, 2.24) is 0 Å². The van der Waals surface area contributed by atoms with Gasteiger partial charge < -0.3 is 5.32 Å². The fourth-order valence-electron chi connectivity index (χ4n) is 3.19. The Labute approximate surface area is 167 Å². The first-order chi connectivity index (χ1) is 13.2. The molecule has 1 saturated carbocycles. The zero-order chi connectivity index (χ0) is 21.7. The fraction of sp³-hybridized carbons (Fsp3) is 0.368. The van der Waals surface area contributed by atoms with E-state index in [0.717, 1.165) is 30.7 Å². The van der Waals surface area contributed by atoms with Crippen molar-refractivity contribution in [3.8, 4) is 0 Å². The van der Waals surface area contributed by atoms with Crippen molar-refractivity contribution in [1.29, 1.82) is 0 Å². The van der Waals surface area contributed by atoms with Crippen LogP contribution < -0.4 is 5.32 Å². The second-order valence-corrected chi connectivity index (χ2v) is 11.4. The highest BCUT2D eigenvalue weighted by Gasteiger charge is 2.45. The van der Waals surface area contributed by atoms with Crippen molar-refractivity contribution in [2.24, 2.45) is 0 Å². The van der Waals surface area contributed by atoms with Crippen molar-refractivity contribution < 1.29 is 30.0 Å². The van der Waals surface area contributed by atoms with Gasteiger partial charge >= 0.3 is 6.18 Å². The van der Waals surface area contributed by atoms with Crippen LogP contribution in [0.15, 0.2) is 52.3 Å². The largest absolute Gasteiger partial charge is 0.416 e. The summed E-state index contributed by atoms with van der Waals surface area (Å²) in [6.07, 6.45) is -1.16. The van der Waals surface area contributed by atoms with E-state index in [1.807, 2.05) is 0 Å². The first-order valence-electron chi connectivity index (χ1n) is 8.68. The monoisotopic (exact) mass is 447 g/mol. The Hall–Kier alpha value is -2.07. The normalized spacial score (nSPS) is 16.4. The Morgan fingerprint density at radius 2 is 1.62 bits per heavy atom. The van der Waals surface area contributed by atoms with Crippen molar-refractivity contribution in [2.75, 3.05) is 24.4 Å². The Balaban J connectivity index is 1.90. The van der Waals surface area contributed by atoms with Gasteiger partial charge in [-0.2, -0.15) is 13.2 Å². The van der Waals surface area contributed by atoms with Crippen molar-refractivity contribution in [3.05, 3.63) is 53.6 Å². The summed E-state index contributed by atoms with van der Waals surface area (Å²) in [7, 11) is -7.32. The zero-order valence-electron chi connectivity index (χ0n) is 15.7. The number of hydrogen-bond acceptors (Lipinski definition) is 5. The van der Waals surface area contributed by atoms with Crippen LogP contribution in [-0.2, 0) is 31.3 Å². The number of hydrogen-bond donors (Lipinski definition) is 1. The minimum absolute atomic E-state index is 0.123. The molecule has 1 fully saturated rings. The van der Waals surface area contributed by atoms with E-state index in [9.17, 15) is 30.0 Å². The van der Waals surface area contributed by atoms with Crippen LogP contribution in [0.1, 0.15) is 24.0 Å². The molecular weight excluding hydrogens is 427 g/mol. The van der Waals surface area contributed by atoms with E-state index in [1.165, 1.54) is 18.2 Å². The number of benzene rings is 2. The van der Waals surface area contributed by atoms with Gasteiger partial charge in [0.25, 0.3) is 0 Å². The van der Waals surface area contributed by atoms with Gasteiger partial charge in [-0.1, -0.05) is 18.2 Å². The molecule has 2 aromatic carbocycles. The standard InChI is InChI=1S/C19H20F3NO4S2/c1-28(24,25)15-6-7-16(17(11-15)29(2,26)27)23-12-18(8-9-18)13-4-3-5-14(10-13)19(20,21)22/h3-7,10-11,23H,8-9,12H2,1-2H3. The van der Waals surface area contributed by atoms with Gasteiger partial charge in [-0.3, -0.25) is 0 Å². The lowest BCUT2D eigenvalue weighted by molar-refractivity contribution is -0.137. The molecule has 0 saturated heterocycles. The lowest BCUT2D eigenvalue weighted by Crippen LogP contribution is -2.21. The van der Waals surface area contributed by atoms with Crippen LogP contribution >= 0.6 is 0 Å². The molecule has 2 aromatic rings. The zero-order valence-corrected chi connectivity index (χ0v) is 17.4. The maximum absolute atomic E-state index is 13.0. The number of rotatable bonds is 6. The molecule has 5 nitrogen and oxygen atoms in total. The van der Waals surface area contributed by atoms with Gasteiger partial charge in [0, 0.05) is 24.5 Å². The fourth-order valence-corrected chi connectivity index (χ4v) is 4.80. The number of sulfone groups is 2. The van der Waals surface area contributed by atoms with Gasteiger partial charge in [0.05, 0.1) is 21.0 Å². The highest BCUT2D eigenvalue weighted by molar-refractivity contribution is 7.91. The lowest BCUT2D eigenvalue weighted by atomic mass is 9.94. The predicted octanol–water partition coefficient (Wildman–Crippen LogP) is 3.66. The third kappa shape index (κ3) is 4.75. The topological polar surface area (TPSA) is 80.3 Å². The molecule has 0 spiro atoms. The SMILES string of the molecule is CS(=O)(=O)c1ccc(NCC2(c3cccc(C(F)(F)F)c3)CC2)c(S(C)(=O)=O)c1. The molecule has 0 heterocycles. The van der Waals surface area contributed by atoms with E-state index in [-0.39, 0.29) is 22.0 Å². The van der Waals surface area contributed by atoms with E-state index < -0.39 is 36.8 Å². The van der Waals surface area contributed by atoms with Crippen molar-refractivity contribution in [2.45, 2.75) is 34.2 Å². The molecular formula is C19H20F3NO4S2. The number of alkyl halides is 3. The minimum atomic E-state index is -4.44. The maximum Gasteiger partial charge on any atom is 0.416 e. The summed E-state index contributed by atoms with van der Waals surface area (Å²) in [4.78, 5) is -0.289. The van der Waals surface area contributed by atoms with Crippen LogP contribution in [0.5, 0.6) is 0 Å². The summed E-state index contributed by atoms with van der Waals surface area (Å²) in [5.41, 5.74) is -0.492. The Morgan fingerprint density at radius 3 is 2.14 bits per heavy atom. The smallest absolute Gasteiger partial charge is 0.383 e. The van der Waals surface area contributed by atoms with Crippen LogP contribution in [0.2, 0.25) is 0 Å². The molecule has 1 N–H and O–H groups in total. The van der Waals surface area contributed by atoms with Gasteiger partial charge in [-0.25, -0.2) is 16.8 Å². The van der Waals surface area contributed by atoms with Crippen molar-refractivity contribution >= 4 is 25.4 Å². The summed E-state index contributed by atoms with van der Waals surface area (Å²) in [6, 6.07) is 8.90. The first-order valence-corrected chi connectivity index (χ1v) is 12.5. The maximum atomic E-state index is 13.0. The molecule has 10 heteroatoms. The highest BCUT2D eigenvalue weighted by Crippen LogP contribution is 2.49. The summed E-state index contributed by atoms with van der Waals surface area (Å²) < 4.78 is 86.8. The summed E-state index contributed by atoms with van der Waals surface area (Å²) in [5.74, 6) is 0. The van der Waals surface area contributed by atoms with Gasteiger partial charge in [0.2, 0.25) is 0 Å². The van der Waals surface area contributed by atoms with E-state index in [0.29, 0.717) is 18.4 Å². The molecule has 0 radical (unpaired) electrons. The third-order valence-electron chi connectivity index (χ3n) is 5.05. The van der Waals surface area contributed by atoms with Gasteiger partial charge in [0.15, 0.2) is 19.7 Å². The van der Waals surface area contributed by atoms with Crippen LogP contribution in [0.3, 0.4) is 0 Å². The summed E-state index contributed by atoms with van der Waals surface area (Å²) >= 11 is 0. The van der Waals surface area contributed by atoms with E-state index >= 15 is 0 Å². The molecule has 0 aliphatic heterocycles.